The fourth-order valence-corrected chi connectivity index (χ4v) is 5.72. The maximum absolute atomic E-state index is 13.1. The molecular formula is C24H30BrN5O3S. The Kier molecular flexibility index (Phi) is 8.85. The van der Waals surface area contributed by atoms with Crippen LogP contribution in [0.15, 0.2) is 35.1 Å². The molecular weight excluding hydrogens is 518 g/mol. The van der Waals surface area contributed by atoms with Crippen molar-refractivity contribution in [1.29, 1.82) is 0 Å². The average Bonchev–Trinajstić information content (AvgIpc) is 3.21. The summed E-state index contributed by atoms with van der Waals surface area (Å²) in [5, 5.41) is 6.64. The molecule has 0 spiro atoms. The summed E-state index contributed by atoms with van der Waals surface area (Å²) in [7, 11) is 1.95. The monoisotopic (exact) mass is 547 g/mol. The molecule has 2 aromatic heterocycles. The van der Waals surface area contributed by atoms with Crippen molar-refractivity contribution in [3.05, 3.63) is 51.1 Å². The lowest BCUT2D eigenvalue weighted by Crippen LogP contribution is -2.40. The first-order valence-electron chi connectivity index (χ1n) is 11.5. The molecule has 1 saturated heterocycles. The molecule has 1 aliphatic heterocycles. The van der Waals surface area contributed by atoms with E-state index in [2.05, 4.69) is 67.7 Å². The van der Waals surface area contributed by atoms with Crippen molar-refractivity contribution in [3.63, 3.8) is 0 Å². The Morgan fingerprint density at radius 2 is 2.15 bits per heavy atom. The number of carbonyl (C=O) groups is 1. The van der Waals surface area contributed by atoms with Gasteiger partial charge in [0.15, 0.2) is 0 Å². The summed E-state index contributed by atoms with van der Waals surface area (Å²) in [6, 6.07) is 8.40. The molecule has 8 nitrogen and oxygen atoms in total. The van der Waals surface area contributed by atoms with Gasteiger partial charge in [-0.2, -0.15) is 0 Å². The molecule has 1 aliphatic rings. The Morgan fingerprint density at radius 3 is 2.94 bits per heavy atom. The number of morpholine rings is 1. The van der Waals surface area contributed by atoms with Gasteiger partial charge in [0, 0.05) is 25.7 Å². The van der Waals surface area contributed by atoms with Gasteiger partial charge in [0.2, 0.25) is 0 Å². The highest BCUT2D eigenvalue weighted by molar-refractivity contribution is 9.10. The van der Waals surface area contributed by atoms with Crippen LogP contribution in [0.1, 0.15) is 40.2 Å². The lowest BCUT2D eigenvalue weighted by molar-refractivity contribution is 0.0305. The number of ether oxygens (including phenoxy) is 2. The third-order valence-corrected chi connectivity index (χ3v) is 7.90. The minimum Gasteiger partial charge on any atom is -0.378 e. The van der Waals surface area contributed by atoms with Gasteiger partial charge in [-0.1, -0.05) is 24.3 Å². The third kappa shape index (κ3) is 5.92. The summed E-state index contributed by atoms with van der Waals surface area (Å²) in [4.78, 5) is 24.5. The topological polar surface area (TPSA) is 88.6 Å². The van der Waals surface area contributed by atoms with Crippen LogP contribution in [0.3, 0.4) is 0 Å². The van der Waals surface area contributed by atoms with Crippen LogP contribution < -0.4 is 10.6 Å². The molecule has 0 bridgehead atoms. The highest BCUT2D eigenvalue weighted by Gasteiger charge is 2.26. The molecule has 10 heteroatoms. The molecule has 0 saturated carbocycles. The highest BCUT2D eigenvalue weighted by atomic mass is 79.9. The van der Waals surface area contributed by atoms with Crippen molar-refractivity contribution in [2.45, 2.75) is 26.0 Å². The quantitative estimate of drug-likeness (QED) is 0.367. The number of fused-ring (bicyclic) bond motifs is 1. The van der Waals surface area contributed by atoms with Gasteiger partial charge < -0.3 is 25.0 Å². The van der Waals surface area contributed by atoms with Crippen LogP contribution in [0.4, 0.5) is 5.82 Å². The van der Waals surface area contributed by atoms with Gasteiger partial charge in [-0.15, -0.1) is 11.3 Å². The molecule has 182 valence electrons. The fourth-order valence-electron chi connectivity index (χ4n) is 3.81. The van der Waals surface area contributed by atoms with Crippen molar-refractivity contribution in [1.82, 2.24) is 20.2 Å². The Hall–Kier alpha value is -2.11. The molecule has 1 atom stereocenters. The Bertz CT molecular complexity index is 1120. The van der Waals surface area contributed by atoms with Crippen LogP contribution in [0.25, 0.3) is 10.2 Å². The predicted octanol–water partition coefficient (Wildman–Crippen LogP) is 4.23. The maximum Gasteiger partial charge on any atom is 0.265 e. The van der Waals surface area contributed by atoms with E-state index in [0.717, 1.165) is 51.2 Å². The Labute approximate surface area is 212 Å². The van der Waals surface area contributed by atoms with Crippen molar-refractivity contribution >= 4 is 49.2 Å². The second-order valence-electron chi connectivity index (χ2n) is 8.17. The molecule has 4 rings (SSSR count). The summed E-state index contributed by atoms with van der Waals surface area (Å²) in [6.07, 6.45) is 2.53. The van der Waals surface area contributed by atoms with Gasteiger partial charge in [0.25, 0.3) is 5.91 Å². The summed E-state index contributed by atoms with van der Waals surface area (Å²) in [5.74, 6) is 0.720. The van der Waals surface area contributed by atoms with Gasteiger partial charge >= 0.3 is 0 Å². The van der Waals surface area contributed by atoms with Crippen molar-refractivity contribution in [3.8, 4) is 0 Å². The first-order valence-corrected chi connectivity index (χ1v) is 13.1. The fraction of sp³-hybridized carbons (Fsp3) is 0.458. The first kappa shape index (κ1) is 25.0. The number of amides is 1. The lowest BCUT2D eigenvalue weighted by atomic mass is 10.1. The van der Waals surface area contributed by atoms with Crippen molar-refractivity contribution in [2.24, 2.45) is 0 Å². The van der Waals surface area contributed by atoms with Crippen LogP contribution in [0.2, 0.25) is 0 Å². The van der Waals surface area contributed by atoms with E-state index in [1.807, 2.05) is 11.9 Å². The number of hydrogen-bond acceptors (Lipinski definition) is 8. The summed E-state index contributed by atoms with van der Waals surface area (Å²) < 4.78 is 12.8. The second kappa shape index (κ2) is 12.0. The number of nitrogens with zero attached hydrogens (tertiary/aromatic N) is 3. The Morgan fingerprint density at radius 1 is 1.32 bits per heavy atom. The number of thiophene rings is 1. The average molecular weight is 549 g/mol. The number of aromatic nitrogens is 2. The van der Waals surface area contributed by atoms with Crippen LogP contribution in [0, 0.1) is 0 Å². The van der Waals surface area contributed by atoms with Crippen molar-refractivity contribution < 1.29 is 14.3 Å². The zero-order valence-electron chi connectivity index (χ0n) is 19.5. The molecule has 1 aromatic carbocycles. The minimum absolute atomic E-state index is 0.000377. The van der Waals surface area contributed by atoms with Gasteiger partial charge in [-0.3, -0.25) is 4.79 Å². The van der Waals surface area contributed by atoms with Crippen LogP contribution in [-0.2, 0) is 16.1 Å². The molecule has 0 radical (unpaired) electrons. The second-order valence-corrected chi connectivity index (χ2v) is 9.98. The predicted molar refractivity (Wildman–Crippen MR) is 139 cm³/mol. The van der Waals surface area contributed by atoms with E-state index in [-0.39, 0.29) is 11.9 Å². The number of carbonyl (C=O) groups excluding carboxylic acids is 1. The first-order chi connectivity index (χ1) is 16.6. The van der Waals surface area contributed by atoms with E-state index in [1.54, 1.807) is 0 Å². The van der Waals surface area contributed by atoms with Crippen LogP contribution in [-0.4, -0.2) is 67.3 Å². The summed E-state index contributed by atoms with van der Waals surface area (Å²) in [6.45, 7) is 6.71. The molecule has 34 heavy (non-hydrogen) atoms. The molecule has 1 amide bonds. The number of benzene rings is 1. The normalized spacial score (nSPS) is 15.0. The van der Waals surface area contributed by atoms with Crippen molar-refractivity contribution in [2.75, 3.05) is 51.8 Å². The van der Waals surface area contributed by atoms with E-state index in [9.17, 15) is 4.79 Å². The third-order valence-electron chi connectivity index (χ3n) is 5.70. The van der Waals surface area contributed by atoms with E-state index in [0.29, 0.717) is 37.8 Å². The number of rotatable bonds is 10. The number of hydrogen-bond donors (Lipinski definition) is 2. The molecule has 3 aromatic rings. The molecule has 2 N–H and O–H groups in total. The van der Waals surface area contributed by atoms with Gasteiger partial charge in [0.1, 0.15) is 22.5 Å². The SMILES string of the molecule is CNCCCOCc1cccc(C(C)Nc2ncnc3c(Br)c(C(=O)N4CCOCC4)sc23)c1. The standard InChI is InChI=1S/C24H30BrN5O3S/c1-16(18-6-3-5-17(13-18)14-33-10-4-7-26-2)29-23-22-20(27-15-28-23)19(25)21(34-22)24(31)30-8-11-32-12-9-30/h3,5-6,13,15-16,26H,4,7-12,14H2,1-2H3,(H,27,28,29). The van der Waals surface area contributed by atoms with E-state index >= 15 is 0 Å². The zero-order valence-corrected chi connectivity index (χ0v) is 21.9. The molecule has 1 fully saturated rings. The van der Waals surface area contributed by atoms with Gasteiger partial charge in [0.05, 0.1) is 29.0 Å². The number of halogens is 1. The van der Waals surface area contributed by atoms with Gasteiger partial charge in [-0.25, -0.2) is 9.97 Å². The van der Waals surface area contributed by atoms with E-state index in [4.69, 9.17) is 9.47 Å². The van der Waals surface area contributed by atoms with Crippen LogP contribution in [0.5, 0.6) is 0 Å². The van der Waals surface area contributed by atoms with Crippen LogP contribution >= 0.6 is 27.3 Å². The summed E-state index contributed by atoms with van der Waals surface area (Å²) >= 11 is 5.03. The summed E-state index contributed by atoms with van der Waals surface area (Å²) in [5.41, 5.74) is 3.03. The zero-order chi connectivity index (χ0) is 23.9. The van der Waals surface area contributed by atoms with E-state index < -0.39 is 0 Å². The smallest absolute Gasteiger partial charge is 0.265 e. The number of nitrogens with one attached hydrogen (secondary N) is 2. The van der Waals surface area contributed by atoms with E-state index in [1.165, 1.54) is 17.7 Å². The minimum atomic E-state index is -0.000377. The maximum atomic E-state index is 13.1. The lowest BCUT2D eigenvalue weighted by Gasteiger charge is -2.26. The van der Waals surface area contributed by atoms with Gasteiger partial charge in [-0.05, 0) is 54.0 Å². The largest absolute Gasteiger partial charge is 0.378 e. The highest BCUT2D eigenvalue weighted by Crippen LogP contribution is 2.39. The molecule has 0 aliphatic carbocycles. The molecule has 3 heterocycles. The Balaban J connectivity index is 1.49. The number of anilines is 1. The molecule has 1 unspecified atom stereocenters.